The molecule has 1 aromatic carbocycles. The molecule has 4 heteroatoms. The smallest absolute Gasteiger partial charge is 0.207 e. The molecule has 3 nitrogen and oxygen atoms in total. The van der Waals surface area contributed by atoms with Gasteiger partial charge in [0.15, 0.2) is 0 Å². The first-order valence-electron chi connectivity index (χ1n) is 5.75. The number of aryl methyl sites for hydroxylation is 2. The van der Waals surface area contributed by atoms with E-state index in [9.17, 15) is 4.39 Å². The van der Waals surface area contributed by atoms with E-state index in [1.54, 1.807) is 6.07 Å². The highest BCUT2D eigenvalue weighted by atomic mass is 19.1. The number of hydrogen-bond acceptors (Lipinski definition) is 2. The van der Waals surface area contributed by atoms with Crippen molar-refractivity contribution in [3.8, 4) is 0 Å². The molecule has 0 bridgehead atoms. The highest BCUT2D eigenvalue weighted by Gasteiger charge is 2.05. The van der Waals surface area contributed by atoms with Crippen molar-refractivity contribution in [2.45, 2.75) is 26.8 Å². The molecule has 0 saturated carbocycles. The van der Waals surface area contributed by atoms with E-state index in [4.69, 9.17) is 0 Å². The van der Waals surface area contributed by atoms with Gasteiger partial charge >= 0.3 is 0 Å². The highest BCUT2D eigenvalue weighted by molar-refractivity contribution is 5.53. The Morgan fingerprint density at radius 2 is 2.24 bits per heavy atom. The summed E-state index contributed by atoms with van der Waals surface area (Å²) in [5.41, 5.74) is 1.67. The molecule has 1 aromatic heterocycles. The Balaban J connectivity index is 2.23. The van der Waals surface area contributed by atoms with Gasteiger partial charge in [0.05, 0.1) is 5.69 Å². The Morgan fingerprint density at radius 3 is 2.94 bits per heavy atom. The SMILES string of the molecule is CCCn1cc(C)nc1Nc1cccc(F)c1. The van der Waals surface area contributed by atoms with Crippen molar-refractivity contribution in [1.82, 2.24) is 9.55 Å². The number of rotatable bonds is 4. The van der Waals surface area contributed by atoms with Gasteiger partial charge in [-0.25, -0.2) is 9.37 Å². The number of imidazole rings is 1. The Hall–Kier alpha value is -1.84. The Bertz CT molecular complexity index is 505. The van der Waals surface area contributed by atoms with Gasteiger partial charge in [0.1, 0.15) is 5.82 Å². The molecule has 0 aliphatic rings. The predicted molar refractivity (Wildman–Crippen MR) is 66.9 cm³/mol. The zero-order valence-corrected chi connectivity index (χ0v) is 10.1. The Labute approximate surface area is 100 Å². The Kier molecular flexibility index (Phi) is 3.42. The van der Waals surface area contributed by atoms with Crippen LogP contribution in [-0.2, 0) is 6.54 Å². The van der Waals surface area contributed by atoms with E-state index in [0.29, 0.717) is 5.69 Å². The topological polar surface area (TPSA) is 29.9 Å². The molecule has 0 saturated heterocycles. The summed E-state index contributed by atoms with van der Waals surface area (Å²) in [4.78, 5) is 4.38. The fourth-order valence-electron chi connectivity index (χ4n) is 1.75. The van der Waals surface area contributed by atoms with Crippen LogP contribution in [0.4, 0.5) is 16.0 Å². The van der Waals surface area contributed by atoms with E-state index in [-0.39, 0.29) is 5.82 Å². The minimum Gasteiger partial charge on any atom is -0.326 e. The maximum atomic E-state index is 13.1. The van der Waals surface area contributed by atoms with Crippen LogP contribution in [0.25, 0.3) is 0 Å². The molecule has 0 atom stereocenters. The summed E-state index contributed by atoms with van der Waals surface area (Å²) >= 11 is 0. The van der Waals surface area contributed by atoms with Gasteiger partial charge in [0, 0.05) is 18.4 Å². The molecule has 0 fully saturated rings. The maximum Gasteiger partial charge on any atom is 0.207 e. The molecule has 90 valence electrons. The predicted octanol–water partition coefficient (Wildman–Crippen LogP) is 3.48. The minimum absolute atomic E-state index is 0.250. The summed E-state index contributed by atoms with van der Waals surface area (Å²) in [6.07, 6.45) is 3.03. The monoisotopic (exact) mass is 233 g/mol. The molecular formula is C13H16FN3. The third kappa shape index (κ3) is 2.84. The van der Waals surface area contributed by atoms with Crippen molar-refractivity contribution in [3.05, 3.63) is 42.0 Å². The van der Waals surface area contributed by atoms with E-state index in [0.717, 1.165) is 24.6 Å². The lowest BCUT2D eigenvalue weighted by atomic mass is 10.3. The van der Waals surface area contributed by atoms with Crippen LogP contribution in [0.15, 0.2) is 30.5 Å². The average Bonchev–Trinajstić information content (AvgIpc) is 2.59. The van der Waals surface area contributed by atoms with Gasteiger partial charge in [0.2, 0.25) is 5.95 Å². The number of anilines is 2. The first kappa shape index (κ1) is 11.6. The first-order valence-corrected chi connectivity index (χ1v) is 5.75. The first-order chi connectivity index (χ1) is 8.19. The van der Waals surface area contributed by atoms with Crippen LogP contribution in [0.3, 0.4) is 0 Å². The highest BCUT2D eigenvalue weighted by Crippen LogP contribution is 2.17. The van der Waals surface area contributed by atoms with Crippen LogP contribution >= 0.6 is 0 Å². The summed E-state index contributed by atoms with van der Waals surface area (Å²) < 4.78 is 15.1. The normalized spacial score (nSPS) is 10.5. The van der Waals surface area contributed by atoms with Gasteiger partial charge in [0.25, 0.3) is 0 Å². The molecule has 0 aliphatic heterocycles. The van der Waals surface area contributed by atoms with E-state index in [1.807, 2.05) is 23.8 Å². The number of aromatic nitrogens is 2. The number of benzene rings is 1. The summed E-state index contributed by atoms with van der Waals surface area (Å²) in [5.74, 6) is 0.510. The maximum absolute atomic E-state index is 13.1. The van der Waals surface area contributed by atoms with Crippen molar-refractivity contribution in [3.63, 3.8) is 0 Å². The molecule has 0 unspecified atom stereocenters. The van der Waals surface area contributed by atoms with E-state index < -0.39 is 0 Å². The van der Waals surface area contributed by atoms with E-state index in [1.165, 1.54) is 12.1 Å². The molecule has 0 amide bonds. The summed E-state index contributed by atoms with van der Waals surface area (Å²) in [6.45, 7) is 4.96. The molecule has 1 N–H and O–H groups in total. The van der Waals surface area contributed by atoms with Gasteiger partial charge in [-0.15, -0.1) is 0 Å². The zero-order chi connectivity index (χ0) is 12.3. The lowest BCUT2D eigenvalue weighted by Crippen LogP contribution is -2.02. The molecule has 2 rings (SSSR count). The lowest BCUT2D eigenvalue weighted by Gasteiger charge is -2.08. The third-order valence-electron chi connectivity index (χ3n) is 2.44. The van der Waals surface area contributed by atoms with Crippen molar-refractivity contribution in [1.29, 1.82) is 0 Å². The molecule has 2 aromatic rings. The number of halogens is 1. The van der Waals surface area contributed by atoms with Gasteiger partial charge < -0.3 is 9.88 Å². The van der Waals surface area contributed by atoms with Crippen LogP contribution < -0.4 is 5.32 Å². The number of nitrogens with zero attached hydrogens (tertiary/aromatic N) is 2. The molecule has 0 spiro atoms. The summed E-state index contributed by atoms with van der Waals surface area (Å²) in [5, 5.41) is 3.13. The zero-order valence-electron chi connectivity index (χ0n) is 10.1. The van der Waals surface area contributed by atoms with Crippen LogP contribution in [-0.4, -0.2) is 9.55 Å². The van der Waals surface area contributed by atoms with Crippen molar-refractivity contribution in [2.75, 3.05) is 5.32 Å². The van der Waals surface area contributed by atoms with Crippen molar-refractivity contribution < 1.29 is 4.39 Å². The van der Waals surface area contributed by atoms with Crippen LogP contribution in [0.1, 0.15) is 19.0 Å². The fraction of sp³-hybridized carbons (Fsp3) is 0.308. The van der Waals surface area contributed by atoms with Gasteiger partial charge in [-0.2, -0.15) is 0 Å². The summed E-state index contributed by atoms with van der Waals surface area (Å²) in [7, 11) is 0. The van der Waals surface area contributed by atoms with Crippen molar-refractivity contribution >= 4 is 11.6 Å². The second-order valence-corrected chi connectivity index (χ2v) is 4.03. The molecule has 0 aliphatic carbocycles. The molecular weight excluding hydrogens is 217 g/mol. The van der Waals surface area contributed by atoms with Crippen LogP contribution in [0.5, 0.6) is 0 Å². The minimum atomic E-state index is -0.250. The van der Waals surface area contributed by atoms with E-state index >= 15 is 0 Å². The fourth-order valence-corrected chi connectivity index (χ4v) is 1.75. The summed E-state index contributed by atoms with van der Waals surface area (Å²) in [6, 6.07) is 6.39. The second kappa shape index (κ2) is 4.99. The van der Waals surface area contributed by atoms with Crippen LogP contribution in [0.2, 0.25) is 0 Å². The molecule has 1 heterocycles. The van der Waals surface area contributed by atoms with Gasteiger partial charge in [-0.1, -0.05) is 13.0 Å². The van der Waals surface area contributed by atoms with Crippen molar-refractivity contribution in [2.24, 2.45) is 0 Å². The lowest BCUT2D eigenvalue weighted by molar-refractivity contribution is 0.628. The largest absolute Gasteiger partial charge is 0.326 e. The standard InChI is InChI=1S/C13H16FN3/c1-3-7-17-9-10(2)15-13(17)16-12-6-4-5-11(14)8-12/h4-6,8-9H,3,7H2,1-2H3,(H,15,16). The average molecular weight is 233 g/mol. The Morgan fingerprint density at radius 1 is 1.41 bits per heavy atom. The third-order valence-corrected chi connectivity index (χ3v) is 2.44. The van der Waals surface area contributed by atoms with E-state index in [2.05, 4.69) is 17.2 Å². The van der Waals surface area contributed by atoms with Gasteiger partial charge in [-0.3, -0.25) is 0 Å². The van der Waals surface area contributed by atoms with Gasteiger partial charge in [-0.05, 0) is 31.5 Å². The molecule has 17 heavy (non-hydrogen) atoms. The molecule has 0 radical (unpaired) electrons. The number of hydrogen-bond donors (Lipinski definition) is 1. The van der Waals surface area contributed by atoms with Crippen LogP contribution in [0, 0.1) is 12.7 Å². The number of nitrogens with one attached hydrogen (secondary N) is 1. The second-order valence-electron chi connectivity index (χ2n) is 4.03. The quantitative estimate of drug-likeness (QED) is 0.876.